The van der Waals surface area contributed by atoms with Gasteiger partial charge in [0.1, 0.15) is 11.5 Å². The van der Waals surface area contributed by atoms with Crippen LogP contribution in [-0.2, 0) is 11.4 Å². The van der Waals surface area contributed by atoms with Crippen LogP contribution < -0.4 is 14.8 Å². The van der Waals surface area contributed by atoms with Gasteiger partial charge in [0, 0.05) is 17.2 Å². The van der Waals surface area contributed by atoms with Crippen LogP contribution in [0.1, 0.15) is 39.7 Å². The number of hydrogen-bond donors (Lipinski definition) is 2. The minimum atomic E-state index is -0.659. The highest BCUT2D eigenvalue weighted by Crippen LogP contribution is 2.26. The zero-order valence-electron chi connectivity index (χ0n) is 13.4. The number of carbonyl (C=O) groups is 1. The van der Waals surface area contributed by atoms with E-state index >= 15 is 0 Å². The molecule has 5 heteroatoms. The Hall–Kier alpha value is -1.75. The molecule has 0 aromatic heterocycles. The molecule has 0 aliphatic rings. The van der Waals surface area contributed by atoms with Crippen molar-refractivity contribution in [3.8, 4) is 11.5 Å². The van der Waals surface area contributed by atoms with Crippen LogP contribution >= 0.6 is 0 Å². The van der Waals surface area contributed by atoms with Gasteiger partial charge in [0.25, 0.3) is 5.91 Å². The van der Waals surface area contributed by atoms with Gasteiger partial charge in [0.15, 0.2) is 6.10 Å². The van der Waals surface area contributed by atoms with E-state index in [1.807, 2.05) is 20.8 Å². The Labute approximate surface area is 126 Å². The molecule has 1 amide bonds. The molecule has 0 fully saturated rings. The molecule has 0 spiro atoms. The molecule has 0 saturated heterocycles. The Morgan fingerprint density at radius 1 is 1.43 bits per heavy atom. The van der Waals surface area contributed by atoms with Crippen LogP contribution in [-0.4, -0.2) is 29.8 Å². The van der Waals surface area contributed by atoms with Gasteiger partial charge in [0.05, 0.1) is 13.7 Å². The lowest BCUT2D eigenvalue weighted by Crippen LogP contribution is -2.48. The van der Waals surface area contributed by atoms with Gasteiger partial charge in [-0.05, 0) is 39.3 Å². The maximum absolute atomic E-state index is 12.1. The number of aliphatic hydroxyl groups excluding tert-OH is 1. The SMILES string of the molecule is CCC(C)(C)NC(=O)C(C)Oc1cc(OC)ccc1CO. The van der Waals surface area contributed by atoms with Crippen LogP contribution in [0.3, 0.4) is 0 Å². The van der Waals surface area contributed by atoms with Crippen LogP contribution in [0.4, 0.5) is 0 Å². The molecule has 5 nitrogen and oxygen atoms in total. The highest BCUT2D eigenvalue weighted by molar-refractivity contribution is 5.81. The van der Waals surface area contributed by atoms with Gasteiger partial charge in [-0.2, -0.15) is 0 Å². The van der Waals surface area contributed by atoms with Crippen molar-refractivity contribution in [2.24, 2.45) is 0 Å². The lowest BCUT2D eigenvalue weighted by Gasteiger charge is -2.27. The lowest BCUT2D eigenvalue weighted by atomic mass is 10.0. The van der Waals surface area contributed by atoms with E-state index in [9.17, 15) is 9.90 Å². The molecule has 2 N–H and O–H groups in total. The topological polar surface area (TPSA) is 67.8 Å². The average Bonchev–Trinajstić information content (AvgIpc) is 2.46. The maximum Gasteiger partial charge on any atom is 0.261 e. The van der Waals surface area contributed by atoms with E-state index in [0.717, 1.165) is 6.42 Å². The van der Waals surface area contributed by atoms with Crippen molar-refractivity contribution in [3.05, 3.63) is 23.8 Å². The first-order valence-corrected chi connectivity index (χ1v) is 7.09. The van der Waals surface area contributed by atoms with E-state index in [1.54, 1.807) is 32.2 Å². The van der Waals surface area contributed by atoms with E-state index < -0.39 is 6.10 Å². The van der Waals surface area contributed by atoms with E-state index in [1.165, 1.54) is 0 Å². The fraction of sp³-hybridized carbons (Fsp3) is 0.562. The maximum atomic E-state index is 12.1. The summed E-state index contributed by atoms with van der Waals surface area (Å²) in [5.41, 5.74) is 0.341. The van der Waals surface area contributed by atoms with Gasteiger partial charge in [-0.1, -0.05) is 6.92 Å². The normalized spacial score (nSPS) is 12.7. The largest absolute Gasteiger partial charge is 0.497 e. The highest BCUT2D eigenvalue weighted by Gasteiger charge is 2.23. The van der Waals surface area contributed by atoms with Crippen molar-refractivity contribution in [3.63, 3.8) is 0 Å². The van der Waals surface area contributed by atoms with Crippen molar-refractivity contribution >= 4 is 5.91 Å². The molecule has 1 aromatic carbocycles. The van der Waals surface area contributed by atoms with E-state index in [4.69, 9.17) is 9.47 Å². The van der Waals surface area contributed by atoms with E-state index in [2.05, 4.69) is 5.32 Å². The first-order valence-electron chi connectivity index (χ1n) is 7.09. The fourth-order valence-corrected chi connectivity index (χ4v) is 1.67. The number of carbonyl (C=O) groups excluding carboxylic acids is 1. The quantitative estimate of drug-likeness (QED) is 0.809. The number of nitrogens with one attached hydrogen (secondary N) is 1. The van der Waals surface area contributed by atoms with E-state index in [-0.39, 0.29) is 18.1 Å². The zero-order chi connectivity index (χ0) is 16.0. The Morgan fingerprint density at radius 3 is 2.62 bits per heavy atom. The van der Waals surface area contributed by atoms with Crippen LogP contribution in [0.5, 0.6) is 11.5 Å². The van der Waals surface area contributed by atoms with Crippen LogP contribution in [0, 0.1) is 0 Å². The van der Waals surface area contributed by atoms with Crippen LogP contribution in [0.2, 0.25) is 0 Å². The number of benzene rings is 1. The second kappa shape index (κ2) is 7.31. The molecule has 1 unspecified atom stereocenters. The van der Waals surface area contributed by atoms with E-state index in [0.29, 0.717) is 17.1 Å². The van der Waals surface area contributed by atoms with Crippen molar-refractivity contribution in [2.45, 2.75) is 52.4 Å². The Morgan fingerprint density at radius 2 is 2.10 bits per heavy atom. The number of rotatable bonds is 7. The Bertz CT molecular complexity index is 485. The highest BCUT2D eigenvalue weighted by atomic mass is 16.5. The molecule has 0 bridgehead atoms. The number of aliphatic hydroxyl groups is 1. The molecular formula is C16H25NO4. The fourth-order valence-electron chi connectivity index (χ4n) is 1.67. The predicted molar refractivity (Wildman–Crippen MR) is 81.5 cm³/mol. The minimum absolute atomic E-state index is 0.159. The van der Waals surface area contributed by atoms with Crippen molar-refractivity contribution in [1.29, 1.82) is 0 Å². The molecule has 0 aliphatic carbocycles. The molecule has 21 heavy (non-hydrogen) atoms. The summed E-state index contributed by atoms with van der Waals surface area (Å²) >= 11 is 0. The van der Waals surface area contributed by atoms with Gasteiger partial charge in [0.2, 0.25) is 0 Å². The van der Waals surface area contributed by atoms with Crippen molar-refractivity contribution in [2.75, 3.05) is 7.11 Å². The summed E-state index contributed by atoms with van der Waals surface area (Å²) in [5.74, 6) is 0.881. The van der Waals surface area contributed by atoms with Crippen LogP contribution in [0.15, 0.2) is 18.2 Å². The molecule has 0 aliphatic heterocycles. The molecule has 1 rings (SSSR count). The smallest absolute Gasteiger partial charge is 0.261 e. The summed E-state index contributed by atoms with van der Waals surface area (Å²) in [6.45, 7) is 7.46. The van der Waals surface area contributed by atoms with Gasteiger partial charge in [-0.3, -0.25) is 4.79 Å². The van der Waals surface area contributed by atoms with Gasteiger partial charge >= 0.3 is 0 Å². The molecule has 0 radical (unpaired) electrons. The standard InChI is InChI=1S/C16H25NO4/c1-6-16(3,4)17-15(19)11(2)21-14-9-13(20-5)8-7-12(14)10-18/h7-9,11,18H,6,10H2,1-5H3,(H,17,19). The molecule has 0 saturated carbocycles. The second-order valence-corrected chi connectivity index (χ2v) is 5.62. The monoisotopic (exact) mass is 295 g/mol. The van der Waals surface area contributed by atoms with Crippen LogP contribution in [0.25, 0.3) is 0 Å². The molecule has 1 atom stereocenters. The summed E-state index contributed by atoms with van der Waals surface area (Å²) in [5, 5.41) is 12.3. The summed E-state index contributed by atoms with van der Waals surface area (Å²) in [7, 11) is 1.55. The number of ether oxygens (including phenoxy) is 2. The number of methoxy groups -OCH3 is 1. The summed E-state index contributed by atoms with van der Waals surface area (Å²) in [6.07, 6.45) is 0.167. The summed E-state index contributed by atoms with van der Waals surface area (Å²) < 4.78 is 10.8. The third kappa shape index (κ3) is 4.93. The van der Waals surface area contributed by atoms with Gasteiger partial charge < -0.3 is 19.9 Å². The second-order valence-electron chi connectivity index (χ2n) is 5.62. The zero-order valence-corrected chi connectivity index (χ0v) is 13.4. The Kier molecular flexibility index (Phi) is 6.03. The minimum Gasteiger partial charge on any atom is -0.497 e. The summed E-state index contributed by atoms with van der Waals surface area (Å²) in [4.78, 5) is 12.1. The van der Waals surface area contributed by atoms with Crippen molar-refractivity contribution < 1.29 is 19.4 Å². The third-order valence-corrected chi connectivity index (χ3v) is 3.46. The summed E-state index contributed by atoms with van der Waals surface area (Å²) in [6, 6.07) is 5.12. The number of amides is 1. The first kappa shape index (κ1) is 17.3. The molecular weight excluding hydrogens is 270 g/mol. The molecule has 1 aromatic rings. The van der Waals surface area contributed by atoms with Gasteiger partial charge in [-0.15, -0.1) is 0 Å². The number of hydrogen-bond acceptors (Lipinski definition) is 4. The van der Waals surface area contributed by atoms with Crippen molar-refractivity contribution in [1.82, 2.24) is 5.32 Å². The molecule has 0 heterocycles. The Balaban J connectivity index is 2.82. The van der Waals surface area contributed by atoms with Gasteiger partial charge in [-0.25, -0.2) is 0 Å². The predicted octanol–water partition coefficient (Wildman–Crippen LogP) is 2.26. The third-order valence-electron chi connectivity index (χ3n) is 3.46. The lowest BCUT2D eigenvalue weighted by molar-refractivity contribution is -0.129. The average molecular weight is 295 g/mol. The first-order chi connectivity index (χ1) is 9.82. The molecule has 118 valence electrons.